The highest BCUT2D eigenvalue weighted by atomic mass is 16.5. The van der Waals surface area contributed by atoms with E-state index in [1.54, 1.807) is 11.9 Å². The number of likely N-dealkylation sites (N-methyl/N-ethyl adjacent to an activating group) is 1. The van der Waals surface area contributed by atoms with Crippen molar-refractivity contribution >= 4 is 11.9 Å². The van der Waals surface area contributed by atoms with Gasteiger partial charge in [0.2, 0.25) is 5.91 Å². The SMILES string of the molecule is CN(Cc1ccccc1)C(=O)CN=C(N)NC1CCOc2ccccc21. The summed E-state index contributed by atoms with van der Waals surface area (Å²) in [5.74, 6) is 1.06. The van der Waals surface area contributed by atoms with Crippen molar-refractivity contribution in [1.82, 2.24) is 10.2 Å². The van der Waals surface area contributed by atoms with E-state index in [4.69, 9.17) is 10.5 Å². The first-order valence-corrected chi connectivity index (χ1v) is 8.69. The van der Waals surface area contributed by atoms with E-state index < -0.39 is 0 Å². The quantitative estimate of drug-likeness (QED) is 0.638. The fourth-order valence-corrected chi connectivity index (χ4v) is 2.94. The van der Waals surface area contributed by atoms with Gasteiger partial charge in [-0.1, -0.05) is 48.5 Å². The summed E-state index contributed by atoms with van der Waals surface area (Å²) in [7, 11) is 1.77. The predicted octanol–water partition coefficient (Wildman–Crippen LogP) is 2.07. The minimum atomic E-state index is -0.0778. The average molecular weight is 352 g/mol. The largest absolute Gasteiger partial charge is 0.493 e. The van der Waals surface area contributed by atoms with E-state index in [9.17, 15) is 4.79 Å². The van der Waals surface area contributed by atoms with Crippen molar-refractivity contribution in [2.75, 3.05) is 20.2 Å². The van der Waals surface area contributed by atoms with Crippen LogP contribution in [0.5, 0.6) is 5.75 Å². The van der Waals surface area contributed by atoms with Crippen molar-refractivity contribution in [3.8, 4) is 5.75 Å². The van der Waals surface area contributed by atoms with Crippen LogP contribution in [0.4, 0.5) is 0 Å². The van der Waals surface area contributed by atoms with E-state index in [0.29, 0.717) is 13.2 Å². The Kier molecular flexibility index (Phi) is 5.73. The number of amides is 1. The summed E-state index contributed by atoms with van der Waals surface area (Å²) in [6.45, 7) is 1.20. The molecule has 2 aromatic rings. The maximum atomic E-state index is 12.3. The molecule has 0 aromatic heterocycles. The van der Waals surface area contributed by atoms with Gasteiger partial charge < -0.3 is 20.7 Å². The summed E-state index contributed by atoms with van der Waals surface area (Å²) in [5.41, 5.74) is 8.13. The molecular formula is C20H24N4O2. The van der Waals surface area contributed by atoms with Crippen molar-refractivity contribution in [3.63, 3.8) is 0 Å². The van der Waals surface area contributed by atoms with Gasteiger partial charge in [-0.25, -0.2) is 4.99 Å². The summed E-state index contributed by atoms with van der Waals surface area (Å²) in [6, 6.07) is 17.8. The van der Waals surface area contributed by atoms with Crippen LogP contribution in [-0.2, 0) is 11.3 Å². The summed E-state index contributed by atoms with van der Waals surface area (Å²) in [6.07, 6.45) is 0.801. The number of rotatable bonds is 5. The van der Waals surface area contributed by atoms with Crippen molar-refractivity contribution in [2.45, 2.75) is 19.0 Å². The zero-order valence-electron chi connectivity index (χ0n) is 14.9. The monoisotopic (exact) mass is 352 g/mol. The van der Waals surface area contributed by atoms with Gasteiger partial charge in [0.05, 0.1) is 12.6 Å². The molecule has 0 spiro atoms. The molecular weight excluding hydrogens is 328 g/mol. The Labute approximate surface area is 153 Å². The maximum Gasteiger partial charge on any atom is 0.244 e. The van der Waals surface area contributed by atoms with Gasteiger partial charge in [0.15, 0.2) is 5.96 Å². The fourth-order valence-electron chi connectivity index (χ4n) is 2.94. The number of benzene rings is 2. The molecule has 1 aliphatic rings. The molecule has 3 rings (SSSR count). The molecule has 2 aromatic carbocycles. The summed E-state index contributed by atoms with van der Waals surface area (Å²) in [5, 5.41) is 3.20. The molecule has 26 heavy (non-hydrogen) atoms. The lowest BCUT2D eigenvalue weighted by Gasteiger charge is -2.27. The Hall–Kier alpha value is -3.02. The van der Waals surface area contributed by atoms with E-state index in [-0.39, 0.29) is 24.5 Å². The van der Waals surface area contributed by atoms with Gasteiger partial charge in [-0.3, -0.25) is 4.79 Å². The number of carbonyl (C=O) groups is 1. The number of hydrogen-bond donors (Lipinski definition) is 2. The number of nitrogens with two attached hydrogens (primary N) is 1. The lowest BCUT2D eigenvalue weighted by molar-refractivity contribution is -0.128. The van der Waals surface area contributed by atoms with Crippen molar-refractivity contribution < 1.29 is 9.53 Å². The molecule has 1 unspecified atom stereocenters. The van der Waals surface area contributed by atoms with Crippen molar-refractivity contribution in [3.05, 3.63) is 65.7 Å². The van der Waals surface area contributed by atoms with Gasteiger partial charge in [0.25, 0.3) is 0 Å². The van der Waals surface area contributed by atoms with Crippen LogP contribution in [0.1, 0.15) is 23.6 Å². The topological polar surface area (TPSA) is 80.0 Å². The minimum Gasteiger partial charge on any atom is -0.493 e. The number of fused-ring (bicyclic) bond motifs is 1. The number of ether oxygens (including phenoxy) is 1. The smallest absolute Gasteiger partial charge is 0.244 e. The number of aliphatic imine (C=N–C) groups is 1. The molecule has 0 fully saturated rings. The number of guanidine groups is 1. The fraction of sp³-hybridized carbons (Fsp3) is 0.300. The Balaban J connectivity index is 1.54. The number of carbonyl (C=O) groups excluding carboxylic acids is 1. The summed E-state index contributed by atoms with van der Waals surface area (Å²) >= 11 is 0. The van der Waals surface area contributed by atoms with Crippen LogP contribution in [-0.4, -0.2) is 37.0 Å². The van der Waals surface area contributed by atoms with E-state index in [1.165, 1.54) is 0 Å². The van der Waals surface area contributed by atoms with E-state index in [2.05, 4.69) is 10.3 Å². The van der Waals surface area contributed by atoms with Gasteiger partial charge in [0, 0.05) is 25.6 Å². The highest BCUT2D eigenvalue weighted by molar-refractivity contribution is 5.84. The molecule has 6 nitrogen and oxygen atoms in total. The Morgan fingerprint density at radius 3 is 2.77 bits per heavy atom. The van der Waals surface area contributed by atoms with Crippen LogP contribution >= 0.6 is 0 Å². The zero-order chi connectivity index (χ0) is 18.4. The molecule has 0 radical (unpaired) electrons. The number of para-hydroxylation sites is 1. The van der Waals surface area contributed by atoms with Crippen LogP contribution in [0.15, 0.2) is 59.6 Å². The predicted molar refractivity (Wildman–Crippen MR) is 102 cm³/mol. The Morgan fingerprint density at radius 1 is 1.23 bits per heavy atom. The zero-order valence-corrected chi connectivity index (χ0v) is 14.9. The van der Waals surface area contributed by atoms with E-state index >= 15 is 0 Å². The van der Waals surface area contributed by atoms with Crippen LogP contribution in [0.3, 0.4) is 0 Å². The third-order valence-corrected chi connectivity index (χ3v) is 4.35. The summed E-state index contributed by atoms with van der Waals surface area (Å²) in [4.78, 5) is 18.1. The highest BCUT2D eigenvalue weighted by Gasteiger charge is 2.21. The molecule has 136 valence electrons. The molecule has 1 atom stereocenters. The first-order chi connectivity index (χ1) is 12.6. The van der Waals surface area contributed by atoms with Crippen LogP contribution in [0, 0.1) is 0 Å². The standard InChI is InChI=1S/C20H24N4O2/c1-24(14-15-7-3-2-4-8-15)19(25)13-22-20(21)23-17-11-12-26-18-10-6-5-9-16(17)18/h2-10,17H,11-14H2,1H3,(H3,21,22,23). The molecule has 1 amide bonds. The molecule has 0 saturated carbocycles. The molecule has 3 N–H and O–H groups in total. The van der Waals surface area contributed by atoms with Crippen LogP contribution < -0.4 is 15.8 Å². The van der Waals surface area contributed by atoms with Gasteiger partial charge in [-0.15, -0.1) is 0 Å². The minimum absolute atomic E-state index is 0.0209. The first kappa shape index (κ1) is 17.8. The Morgan fingerprint density at radius 2 is 1.96 bits per heavy atom. The highest BCUT2D eigenvalue weighted by Crippen LogP contribution is 2.31. The number of nitrogens with zero attached hydrogens (tertiary/aromatic N) is 2. The van der Waals surface area contributed by atoms with Gasteiger partial charge in [0.1, 0.15) is 12.3 Å². The lowest BCUT2D eigenvalue weighted by Crippen LogP contribution is -2.38. The molecule has 1 heterocycles. The normalized spacial score (nSPS) is 16.3. The second-order valence-electron chi connectivity index (χ2n) is 6.31. The Bertz CT molecular complexity index is 776. The molecule has 6 heteroatoms. The number of hydrogen-bond acceptors (Lipinski definition) is 3. The van der Waals surface area contributed by atoms with Crippen LogP contribution in [0.25, 0.3) is 0 Å². The third kappa shape index (κ3) is 4.53. The summed E-state index contributed by atoms with van der Waals surface area (Å²) < 4.78 is 5.64. The lowest BCUT2D eigenvalue weighted by atomic mass is 10.0. The van der Waals surface area contributed by atoms with Gasteiger partial charge >= 0.3 is 0 Å². The first-order valence-electron chi connectivity index (χ1n) is 8.69. The second kappa shape index (κ2) is 8.38. The molecule has 0 saturated heterocycles. The molecule has 0 bridgehead atoms. The van der Waals surface area contributed by atoms with E-state index in [0.717, 1.165) is 23.3 Å². The average Bonchev–Trinajstić information content (AvgIpc) is 2.67. The van der Waals surface area contributed by atoms with Crippen molar-refractivity contribution in [2.24, 2.45) is 10.7 Å². The molecule has 0 aliphatic carbocycles. The van der Waals surface area contributed by atoms with E-state index in [1.807, 2.05) is 54.6 Å². The van der Waals surface area contributed by atoms with Crippen LogP contribution in [0.2, 0.25) is 0 Å². The van der Waals surface area contributed by atoms with Gasteiger partial charge in [-0.2, -0.15) is 0 Å². The number of nitrogens with one attached hydrogen (secondary N) is 1. The third-order valence-electron chi connectivity index (χ3n) is 4.35. The van der Waals surface area contributed by atoms with Crippen molar-refractivity contribution in [1.29, 1.82) is 0 Å². The van der Waals surface area contributed by atoms with Gasteiger partial charge in [-0.05, 0) is 11.6 Å². The molecule has 1 aliphatic heterocycles. The maximum absolute atomic E-state index is 12.3. The second-order valence-corrected chi connectivity index (χ2v) is 6.31.